The number of nitrogens with zero attached hydrogens (tertiary/aromatic N) is 3. The van der Waals surface area contributed by atoms with E-state index in [9.17, 15) is 4.79 Å². The Morgan fingerprint density at radius 2 is 2.16 bits per heavy atom. The molecule has 2 unspecified atom stereocenters. The van der Waals surface area contributed by atoms with Crippen molar-refractivity contribution in [3.05, 3.63) is 11.4 Å². The molecule has 6 heteroatoms. The number of primary amides is 1. The van der Waals surface area contributed by atoms with E-state index in [-0.39, 0.29) is 12.3 Å². The number of aromatic nitrogens is 3. The van der Waals surface area contributed by atoms with E-state index >= 15 is 0 Å². The summed E-state index contributed by atoms with van der Waals surface area (Å²) < 4.78 is 7.45. The van der Waals surface area contributed by atoms with Crippen molar-refractivity contribution in [1.82, 2.24) is 15.0 Å². The van der Waals surface area contributed by atoms with Gasteiger partial charge in [-0.05, 0) is 25.2 Å². The van der Waals surface area contributed by atoms with E-state index in [4.69, 9.17) is 10.5 Å². The van der Waals surface area contributed by atoms with E-state index in [1.807, 2.05) is 4.68 Å². The molecular formula is C13H20N4O2. The lowest BCUT2D eigenvalue weighted by molar-refractivity contribution is -0.117. The highest BCUT2D eigenvalue weighted by Crippen LogP contribution is 2.44. The summed E-state index contributed by atoms with van der Waals surface area (Å²) in [6.07, 6.45) is 3.28. The lowest BCUT2D eigenvalue weighted by Crippen LogP contribution is -2.21. The van der Waals surface area contributed by atoms with Crippen LogP contribution in [-0.4, -0.2) is 34.1 Å². The van der Waals surface area contributed by atoms with Gasteiger partial charge in [-0.2, -0.15) is 0 Å². The zero-order chi connectivity index (χ0) is 13.4. The Bertz CT molecular complexity index is 479. The number of hydrogen-bond acceptors (Lipinski definition) is 4. The monoisotopic (exact) mass is 264 g/mol. The Balaban J connectivity index is 1.91. The third kappa shape index (κ3) is 2.49. The van der Waals surface area contributed by atoms with Crippen LogP contribution in [0.15, 0.2) is 0 Å². The van der Waals surface area contributed by atoms with Gasteiger partial charge in [0.05, 0.1) is 23.9 Å². The van der Waals surface area contributed by atoms with Gasteiger partial charge in [-0.15, -0.1) is 5.10 Å². The predicted molar refractivity (Wildman–Crippen MR) is 68.5 cm³/mol. The van der Waals surface area contributed by atoms with Crippen molar-refractivity contribution in [2.45, 2.75) is 44.6 Å². The van der Waals surface area contributed by atoms with Crippen molar-refractivity contribution in [3.63, 3.8) is 0 Å². The van der Waals surface area contributed by atoms with Gasteiger partial charge in [-0.25, -0.2) is 4.68 Å². The molecule has 19 heavy (non-hydrogen) atoms. The summed E-state index contributed by atoms with van der Waals surface area (Å²) in [6, 6.07) is 0.451. The predicted octanol–water partition coefficient (Wildman–Crippen LogP) is 0.781. The summed E-state index contributed by atoms with van der Waals surface area (Å²) in [5.41, 5.74) is 7.19. The van der Waals surface area contributed by atoms with Gasteiger partial charge < -0.3 is 10.5 Å². The zero-order valence-corrected chi connectivity index (χ0v) is 11.2. The molecule has 1 saturated carbocycles. The topological polar surface area (TPSA) is 83.0 Å². The van der Waals surface area contributed by atoms with Crippen LogP contribution in [0.2, 0.25) is 0 Å². The molecule has 2 atom stereocenters. The minimum atomic E-state index is -0.343. The van der Waals surface area contributed by atoms with Crippen LogP contribution in [-0.2, 0) is 16.0 Å². The number of hydrogen-bond donors (Lipinski definition) is 1. The maximum absolute atomic E-state index is 11.2. The number of amides is 1. The zero-order valence-electron chi connectivity index (χ0n) is 11.2. The molecule has 2 fully saturated rings. The first-order chi connectivity index (χ1) is 9.16. The molecule has 104 valence electrons. The van der Waals surface area contributed by atoms with Crippen LogP contribution in [0.4, 0.5) is 0 Å². The van der Waals surface area contributed by atoms with Crippen LogP contribution in [0.25, 0.3) is 0 Å². The summed E-state index contributed by atoms with van der Waals surface area (Å²) in [7, 11) is 0. The molecule has 1 amide bonds. The van der Waals surface area contributed by atoms with Gasteiger partial charge in [-0.1, -0.05) is 12.1 Å². The highest BCUT2D eigenvalue weighted by atomic mass is 16.5. The quantitative estimate of drug-likeness (QED) is 0.871. The van der Waals surface area contributed by atoms with Gasteiger partial charge in [-0.3, -0.25) is 4.79 Å². The lowest BCUT2D eigenvalue weighted by Gasteiger charge is -2.23. The highest BCUT2D eigenvalue weighted by molar-refractivity contribution is 5.76. The summed E-state index contributed by atoms with van der Waals surface area (Å²) in [6.45, 7) is 3.76. The number of nitrogens with two attached hydrogens (primary N) is 1. The first-order valence-corrected chi connectivity index (χ1v) is 6.97. The second-order valence-corrected chi connectivity index (χ2v) is 5.68. The van der Waals surface area contributed by atoms with Gasteiger partial charge in [0.1, 0.15) is 0 Å². The second-order valence-electron chi connectivity index (χ2n) is 5.68. The average Bonchev–Trinajstić information content (AvgIpc) is 2.97. The average molecular weight is 264 g/mol. The normalized spacial score (nSPS) is 27.4. The number of carbonyl (C=O) groups is 1. The van der Waals surface area contributed by atoms with E-state index in [1.165, 1.54) is 0 Å². The minimum Gasteiger partial charge on any atom is -0.381 e. The number of ether oxygens (including phenoxy) is 1. The van der Waals surface area contributed by atoms with Crippen LogP contribution in [0, 0.1) is 5.92 Å². The van der Waals surface area contributed by atoms with E-state index in [2.05, 4.69) is 17.2 Å². The van der Waals surface area contributed by atoms with Crippen LogP contribution in [0.1, 0.15) is 49.5 Å². The molecule has 0 aromatic carbocycles. The minimum absolute atomic E-state index is 0.188. The molecule has 3 rings (SSSR count). The van der Waals surface area contributed by atoms with E-state index in [1.54, 1.807) is 0 Å². The van der Waals surface area contributed by atoms with Crippen molar-refractivity contribution in [3.8, 4) is 0 Å². The molecule has 6 nitrogen and oxygen atoms in total. The second kappa shape index (κ2) is 4.92. The van der Waals surface area contributed by atoms with Crippen molar-refractivity contribution in [2.24, 2.45) is 11.7 Å². The molecule has 0 spiro atoms. The van der Waals surface area contributed by atoms with Crippen molar-refractivity contribution >= 4 is 5.91 Å². The molecule has 2 aliphatic rings. The molecule has 0 bridgehead atoms. The Morgan fingerprint density at radius 3 is 2.74 bits per heavy atom. The van der Waals surface area contributed by atoms with Crippen LogP contribution in [0.3, 0.4) is 0 Å². The van der Waals surface area contributed by atoms with Crippen molar-refractivity contribution in [1.29, 1.82) is 0 Å². The standard InChI is InChI=1S/C13H20N4O2/c1-8-6-11(8)17-13(9-2-4-19-5-3-9)10(15-16-17)7-12(14)18/h8-9,11H,2-7H2,1H3,(H2,14,18). The van der Waals surface area contributed by atoms with Gasteiger partial charge in [0.25, 0.3) is 0 Å². The molecular weight excluding hydrogens is 244 g/mol. The molecule has 1 aliphatic carbocycles. The van der Waals surface area contributed by atoms with E-state index < -0.39 is 0 Å². The fourth-order valence-electron chi connectivity index (χ4n) is 2.91. The Morgan fingerprint density at radius 1 is 1.47 bits per heavy atom. The molecule has 1 aromatic heterocycles. The number of rotatable bonds is 4. The van der Waals surface area contributed by atoms with Crippen molar-refractivity contribution in [2.75, 3.05) is 13.2 Å². The maximum atomic E-state index is 11.2. The molecule has 1 aromatic rings. The third-order valence-electron chi connectivity index (χ3n) is 4.14. The van der Waals surface area contributed by atoms with Crippen LogP contribution < -0.4 is 5.73 Å². The SMILES string of the molecule is CC1CC1n1nnc(CC(N)=O)c1C1CCOCC1. The Hall–Kier alpha value is -1.43. The van der Waals surface area contributed by atoms with Crippen LogP contribution in [0.5, 0.6) is 0 Å². The first-order valence-electron chi connectivity index (χ1n) is 6.97. The van der Waals surface area contributed by atoms with Crippen LogP contribution >= 0.6 is 0 Å². The Kier molecular flexibility index (Phi) is 3.26. The summed E-state index contributed by atoms with van der Waals surface area (Å²) in [5.74, 6) is 0.705. The third-order valence-corrected chi connectivity index (χ3v) is 4.14. The molecule has 2 heterocycles. The molecule has 2 N–H and O–H groups in total. The summed E-state index contributed by atoms with van der Waals surface area (Å²) in [5, 5.41) is 8.47. The fraction of sp³-hybridized carbons (Fsp3) is 0.769. The van der Waals surface area contributed by atoms with Crippen molar-refractivity contribution < 1.29 is 9.53 Å². The van der Waals surface area contributed by atoms with Gasteiger partial charge >= 0.3 is 0 Å². The summed E-state index contributed by atoms with van der Waals surface area (Å²) >= 11 is 0. The smallest absolute Gasteiger partial charge is 0.223 e. The Labute approximate surface area is 112 Å². The maximum Gasteiger partial charge on any atom is 0.223 e. The van der Waals surface area contributed by atoms with Gasteiger partial charge in [0.2, 0.25) is 5.91 Å². The van der Waals surface area contributed by atoms with E-state index in [0.717, 1.165) is 43.9 Å². The molecule has 0 radical (unpaired) electrons. The first kappa shape index (κ1) is 12.6. The largest absolute Gasteiger partial charge is 0.381 e. The number of carbonyl (C=O) groups excluding carboxylic acids is 1. The molecule has 1 aliphatic heterocycles. The molecule has 1 saturated heterocycles. The van der Waals surface area contributed by atoms with Gasteiger partial charge in [0.15, 0.2) is 0 Å². The summed E-state index contributed by atoms with van der Waals surface area (Å²) in [4.78, 5) is 11.2. The highest BCUT2D eigenvalue weighted by Gasteiger charge is 2.39. The van der Waals surface area contributed by atoms with Gasteiger partial charge in [0, 0.05) is 19.1 Å². The van der Waals surface area contributed by atoms with E-state index in [0.29, 0.717) is 17.9 Å². The fourth-order valence-corrected chi connectivity index (χ4v) is 2.91. The lowest BCUT2D eigenvalue weighted by atomic mass is 9.94.